The summed E-state index contributed by atoms with van der Waals surface area (Å²) in [5.74, 6) is -0.266. The standard InChI is InChI=1S/C47H83O11P/c1-4-6-7-8-9-10-11-14-18-21-24-27-30-34-43(49)35-32-37-46(51)55-40-45(41-57-59(53,54)56-39-44(50)38-48)58-47(52)36-31-28-25-22-19-16-13-12-15-17-20-23-26-29-33-42(3)5-2/h6-7,9-10,14,18,24,27,30,34,42-45,48-50H,4-5,8,11-13,15-17,19-23,25-26,28-29,31-33,35-41H2,1-3H3,(H,53,54)/b7-6-,10-9-,18-14-,27-24-,34-30+/t42?,43?,44-,45+/m0/s1. The number of phosphoric acid groups is 1. The van der Waals surface area contributed by atoms with Crippen LogP contribution in [0.15, 0.2) is 60.8 Å². The van der Waals surface area contributed by atoms with Crippen LogP contribution < -0.4 is 0 Å². The van der Waals surface area contributed by atoms with Gasteiger partial charge in [0.05, 0.1) is 25.9 Å². The van der Waals surface area contributed by atoms with E-state index in [1.807, 2.05) is 12.2 Å². The molecule has 0 aromatic heterocycles. The summed E-state index contributed by atoms with van der Waals surface area (Å²) in [4.78, 5) is 35.1. The van der Waals surface area contributed by atoms with Crippen molar-refractivity contribution in [1.82, 2.24) is 0 Å². The number of carbonyl (C=O) groups is 2. The molecular weight excluding hydrogens is 771 g/mol. The largest absolute Gasteiger partial charge is 0.472 e. The molecule has 11 nitrogen and oxygen atoms in total. The normalized spacial score (nSPS) is 15.4. The van der Waals surface area contributed by atoms with Gasteiger partial charge in [0.25, 0.3) is 0 Å². The van der Waals surface area contributed by atoms with Gasteiger partial charge in [-0.1, -0.05) is 178 Å². The van der Waals surface area contributed by atoms with E-state index in [9.17, 15) is 29.3 Å². The van der Waals surface area contributed by atoms with E-state index < -0.39 is 64.5 Å². The zero-order valence-electron chi connectivity index (χ0n) is 37.0. The van der Waals surface area contributed by atoms with E-state index in [1.165, 1.54) is 77.0 Å². The molecular formula is C47H83O11P. The summed E-state index contributed by atoms with van der Waals surface area (Å²) in [5, 5.41) is 28.6. The predicted molar refractivity (Wildman–Crippen MR) is 239 cm³/mol. The van der Waals surface area contributed by atoms with E-state index in [4.69, 9.17) is 19.1 Å². The molecule has 12 heteroatoms. The smallest absolute Gasteiger partial charge is 0.462 e. The number of rotatable bonds is 41. The molecule has 0 aromatic rings. The second-order valence-electron chi connectivity index (χ2n) is 15.5. The van der Waals surface area contributed by atoms with Gasteiger partial charge >= 0.3 is 19.8 Å². The molecule has 0 aliphatic rings. The molecule has 3 unspecified atom stereocenters. The first-order valence-corrected chi connectivity index (χ1v) is 24.2. The van der Waals surface area contributed by atoms with Gasteiger partial charge < -0.3 is 29.7 Å². The summed E-state index contributed by atoms with van der Waals surface area (Å²) in [7, 11) is -4.67. The highest BCUT2D eigenvalue weighted by Crippen LogP contribution is 2.43. The highest BCUT2D eigenvalue weighted by atomic mass is 31.2. The van der Waals surface area contributed by atoms with Crippen molar-refractivity contribution >= 4 is 19.8 Å². The van der Waals surface area contributed by atoms with Crippen LogP contribution in [0.1, 0.15) is 175 Å². The summed E-state index contributed by atoms with van der Waals surface area (Å²) in [6.07, 6.45) is 40.7. The molecule has 0 saturated heterocycles. The Kier molecular flexibility index (Phi) is 39.4. The zero-order chi connectivity index (χ0) is 43.7. The molecule has 0 amide bonds. The second kappa shape index (κ2) is 41.0. The Labute approximate surface area is 358 Å². The van der Waals surface area contributed by atoms with Gasteiger partial charge in [-0.25, -0.2) is 4.57 Å². The number of unbranched alkanes of at least 4 members (excludes halogenated alkanes) is 13. The quantitative estimate of drug-likeness (QED) is 0.0152. The number of hydrogen-bond donors (Lipinski definition) is 4. The third-order valence-corrected chi connectivity index (χ3v) is 10.8. The summed E-state index contributed by atoms with van der Waals surface area (Å²) in [6, 6.07) is 0. The van der Waals surface area contributed by atoms with Crippen molar-refractivity contribution in [2.45, 2.75) is 193 Å². The van der Waals surface area contributed by atoms with Crippen molar-refractivity contribution in [3.8, 4) is 0 Å². The van der Waals surface area contributed by atoms with Crippen molar-refractivity contribution in [2.24, 2.45) is 5.92 Å². The molecule has 342 valence electrons. The molecule has 0 bridgehead atoms. The minimum Gasteiger partial charge on any atom is -0.462 e. The van der Waals surface area contributed by atoms with Crippen molar-refractivity contribution in [1.29, 1.82) is 0 Å². The Hall–Kier alpha value is -2.37. The first-order valence-electron chi connectivity index (χ1n) is 22.7. The maximum atomic E-state index is 12.6. The van der Waals surface area contributed by atoms with E-state index in [1.54, 1.807) is 12.2 Å². The lowest BCUT2D eigenvalue weighted by atomic mass is 9.99. The molecule has 0 aliphatic heterocycles. The third kappa shape index (κ3) is 40.8. The third-order valence-electron chi connectivity index (χ3n) is 9.83. The van der Waals surface area contributed by atoms with Gasteiger partial charge in [0.1, 0.15) is 12.7 Å². The number of aliphatic hydroxyl groups is 3. The van der Waals surface area contributed by atoms with Crippen LogP contribution in [0.3, 0.4) is 0 Å². The predicted octanol–water partition coefficient (Wildman–Crippen LogP) is 11.1. The molecule has 0 saturated carbocycles. The SMILES string of the molecule is CC/C=C\C/C=C\C/C=C\C/C=C\C=C\C(O)CCCC(=O)OC[C@H](COP(=O)(O)OC[C@@H](O)CO)OC(=O)CCCCCCCCCCCCCCCCC(C)CC. The average Bonchev–Trinajstić information content (AvgIpc) is 3.22. The van der Waals surface area contributed by atoms with Crippen molar-refractivity contribution < 1.29 is 52.9 Å². The molecule has 0 rings (SSSR count). The number of ether oxygens (including phenoxy) is 2. The number of hydrogen-bond acceptors (Lipinski definition) is 10. The number of esters is 2. The Morgan fingerprint density at radius 2 is 1.12 bits per heavy atom. The summed E-state index contributed by atoms with van der Waals surface area (Å²) in [6.45, 7) is 4.41. The van der Waals surface area contributed by atoms with Crippen LogP contribution in [-0.2, 0) is 32.7 Å². The summed E-state index contributed by atoms with van der Waals surface area (Å²) < 4.78 is 32.6. The monoisotopic (exact) mass is 855 g/mol. The number of allylic oxidation sites excluding steroid dienone is 9. The van der Waals surface area contributed by atoms with Gasteiger partial charge in [0.15, 0.2) is 6.10 Å². The number of phosphoric ester groups is 1. The first kappa shape index (κ1) is 56.6. The Morgan fingerprint density at radius 3 is 1.68 bits per heavy atom. The molecule has 5 atom stereocenters. The van der Waals surface area contributed by atoms with E-state index in [0.29, 0.717) is 19.3 Å². The van der Waals surface area contributed by atoms with Gasteiger partial charge in [-0.3, -0.25) is 18.6 Å². The highest BCUT2D eigenvalue weighted by molar-refractivity contribution is 7.47. The number of aliphatic hydroxyl groups excluding tert-OH is 3. The van der Waals surface area contributed by atoms with Crippen LogP contribution in [0.25, 0.3) is 0 Å². The fourth-order valence-corrected chi connectivity index (χ4v) is 6.73. The number of carbonyl (C=O) groups excluding carboxylic acids is 2. The Bertz CT molecular complexity index is 1200. The van der Waals surface area contributed by atoms with Crippen molar-refractivity contribution in [3.63, 3.8) is 0 Å². The lowest BCUT2D eigenvalue weighted by Crippen LogP contribution is -2.30. The summed E-state index contributed by atoms with van der Waals surface area (Å²) >= 11 is 0. The van der Waals surface area contributed by atoms with Gasteiger partial charge in [-0.2, -0.15) is 0 Å². The molecule has 0 aliphatic carbocycles. The lowest BCUT2D eigenvalue weighted by molar-refractivity contribution is -0.161. The zero-order valence-corrected chi connectivity index (χ0v) is 37.9. The molecule has 0 heterocycles. The van der Waals surface area contributed by atoms with Crippen molar-refractivity contribution in [3.05, 3.63) is 60.8 Å². The molecule has 0 aromatic carbocycles. The second-order valence-corrected chi connectivity index (χ2v) is 16.9. The minimum atomic E-state index is -4.67. The fourth-order valence-electron chi connectivity index (χ4n) is 5.94. The Morgan fingerprint density at radius 1 is 0.610 bits per heavy atom. The maximum Gasteiger partial charge on any atom is 0.472 e. The minimum absolute atomic E-state index is 0.00971. The van der Waals surface area contributed by atoms with Crippen LogP contribution in [0.5, 0.6) is 0 Å². The van der Waals surface area contributed by atoms with Crippen LogP contribution in [0.4, 0.5) is 0 Å². The van der Waals surface area contributed by atoms with Crippen LogP contribution >= 0.6 is 7.82 Å². The lowest BCUT2D eigenvalue weighted by Gasteiger charge is -2.20. The Balaban J connectivity index is 4.44. The topological polar surface area (TPSA) is 169 Å². The van der Waals surface area contributed by atoms with Gasteiger partial charge in [0.2, 0.25) is 0 Å². The van der Waals surface area contributed by atoms with E-state index in [2.05, 4.69) is 61.8 Å². The van der Waals surface area contributed by atoms with E-state index in [-0.39, 0.29) is 12.8 Å². The van der Waals surface area contributed by atoms with E-state index >= 15 is 0 Å². The van der Waals surface area contributed by atoms with Crippen molar-refractivity contribution in [2.75, 3.05) is 26.4 Å². The van der Waals surface area contributed by atoms with Gasteiger partial charge in [-0.05, 0) is 50.9 Å². The maximum absolute atomic E-state index is 12.6. The summed E-state index contributed by atoms with van der Waals surface area (Å²) in [5.41, 5.74) is 0. The average molecular weight is 855 g/mol. The molecule has 0 radical (unpaired) electrons. The first-order chi connectivity index (χ1) is 28.5. The molecule has 4 N–H and O–H groups in total. The van der Waals surface area contributed by atoms with Gasteiger partial charge in [-0.15, -0.1) is 0 Å². The van der Waals surface area contributed by atoms with Gasteiger partial charge in [0, 0.05) is 12.8 Å². The van der Waals surface area contributed by atoms with Crippen LogP contribution in [0.2, 0.25) is 0 Å². The van der Waals surface area contributed by atoms with E-state index in [0.717, 1.165) is 50.9 Å². The van der Waals surface area contributed by atoms with Crippen LogP contribution in [-0.4, -0.2) is 76.9 Å². The fraction of sp³-hybridized carbons (Fsp3) is 0.745. The van der Waals surface area contributed by atoms with Crippen LogP contribution in [0, 0.1) is 5.92 Å². The highest BCUT2D eigenvalue weighted by Gasteiger charge is 2.27. The molecule has 0 fully saturated rings. The molecule has 0 spiro atoms. The molecule has 59 heavy (non-hydrogen) atoms.